The molecule has 1 amide bonds. The maximum Gasteiger partial charge on any atom is 0.229 e. The van der Waals surface area contributed by atoms with Crippen LogP contribution in [0.5, 0.6) is 0 Å². The van der Waals surface area contributed by atoms with Gasteiger partial charge >= 0.3 is 0 Å². The molecule has 2 heterocycles. The van der Waals surface area contributed by atoms with Crippen molar-refractivity contribution in [3.05, 3.63) is 65.7 Å². The van der Waals surface area contributed by atoms with Crippen LogP contribution in [0.15, 0.2) is 55.1 Å². The summed E-state index contributed by atoms with van der Waals surface area (Å²) in [6.45, 7) is 0. The molecule has 2 N–H and O–H groups in total. The van der Waals surface area contributed by atoms with Crippen LogP contribution in [0.1, 0.15) is 18.0 Å². The number of carbonyl (C=O) groups excluding carboxylic acids is 1. The Bertz CT molecular complexity index is 722. The van der Waals surface area contributed by atoms with E-state index in [0.717, 1.165) is 5.56 Å². The third-order valence-corrected chi connectivity index (χ3v) is 3.55. The number of amides is 1. The quantitative estimate of drug-likeness (QED) is 0.760. The molecule has 0 bridgehead atoms. The predicted octanol–water partition coefficient (Wildman–Crippen LogP) is 2.88. The number of benzene rings is 1. The fourth-order valence-corrected chi connectivity index (χ4v) is 2.39. The zero-order chi connectivity index (χ0) is 15.4. The van der Waals surface area contributed by atoms with E-state index in [0.29, 0.717) is 11.0 Å². The first-order chi connectivity index (χ1) is 10.7. The van der Waals surface area contributed by atoms with E-state index in [2.05, 4.69) is 20.5 Å². The summed E-state index contributed by atoms with van der Waals surface area (Å²) in [5.41, 5.74) is 1.01. The van der Waals surface area contributed by atoms with Gasteiger partial charge in [0.15, 0.2) is 0 Å². The molecule has 0 aliphatic heterocycles. The molecule has 7 heteroatoms. The number of aromatic nitrogens is 4. The summed E-state index contributed by atoms with van der Waals surface area (Å²) < 4.78 is 1.99. The Hall–Kier alpha value is -2.60. The van der Waals surface area contributed by atoms with Crippen LogP contribution in [0.4, 0.5) is 5.95 Å². The molecule has 2 aromatic heterocycles. The van der Waals surface area contributed by atoms with E-state index in [1.54, 1.807) is 0 Å². The Labute approximate surface area is 132 Å². The van der Waals surface area contributed by atoms with Crippen LogP contribution in [0, 0.1) is 0 Å². The lowest BCUT2D eigenvalue weighted by Gasteiger charge is -2.19. The first-order valence-electron chi connectivity index (χ1n) is 6.75. The molecule has 0 unspecified atom stereocenters. The van der Waals surface area contributed by atoms with Gasteiger partial charge in [-0.2, -0.15) is 10.1 Å². The van der Waals surface area contributed by atoms with Gasteiger partial charge in [0.2, 0.25) is 11.9 Å². The highest BCUT2D eigenvalue weighted by molar-refractivity contribution is 6.30. The van der Waals surface area contributed by atoms with Gasteiger partial charge in [-0.25, -0.2) is 5.10 Å². The average Bonchev–Trinajstić information content (AvgIpc) is 3.19. The highest BCUT2D eigenvalue weighted by Crippen LogP contribution is 2.24. The predicted molar refractivity (Wildman–Crippen MR) is 83.7 cm³/mol. The highest BCUT2D eigenvalue weighted by Gasteiger charge is 2.18. The fraction of sp³-hybridized carbons (Fsp3) is 0.133. The van der Waals surface area contributed by atoms with E-state index < -0.39 is 0 Å². The molecule has 0 aliphatic rings. The summed E-state index contributed by atoms with van der Waals surface area (Å²) in [5.74, 6) is 0.192. The van der Waals surface area contributed by atoms with Crippen molar-refractivity contribution in [2.24, 2.45) is 0 Å². The summed E-state index contributed by atoms with van der Waals surface area (Å²) in [5, 5.41) is 9.66. The molecule has 1 atom stereocenters. The summed E-state index contributed by atoms with van der Waals surface area (Å²) in [6, 6.07) is 11.2. The molecule has 112 valence electrons. The third kappa shape index (κ3) is 3.35. The Kier molecular flexibility index (Phi) is 4.20. The maximum absolute atomic E-state index is 12.2. The van der Waals surface area contributed by atoms with Crippen molar-refractivity contribution in [3.63, 3.8) is 0 Å². The molecule has 3 rings (SSSR count). The van der Waals surface area contributed by atoms with Crippen molar-refractivity contribution < 1.29 is 4.79 Å². The first-order valence-corrected chi connectivity index (χ1v) is 7.13. The number of hydrogen-bond acceptors (Lipinski definition) is 3. The second-order valence-corrected chi connectivity index (χ2v) is 5.22. The Morgan fingerprint density at radius 3 is 2.64 bits per heavy atom. The summed E-state index contributed by atoms with van der Waals surface area (Å²) in [4.78, 5) is 16.1. The normalized spacial score (nSPS) is 12.0. The first kappa shape index (κ1) is 14.3. The van der Waals surface area contributed by atoms with Crippen LogP contribution in [0.25, 0.3) is 0 Å². The topological polar surface area (TPSA) is 75.6 Å². The number of H-pyrrole nitrogens is 1. The SMILES string of the molecule is O=C(C[C@@H](c1ccc(Cl)cc1)n1cccc1)Nc1ncn[nH]1. The lowest BCUT2D eigenvalue weighted by atomic mass is 10.0. The van der Waals surface area contributed by atoms with Gasteiger partial charge in [-0.15, -0.1) is 0 Å². The number of hydrogen-bond donors (Lipinski definition) is 2. The van der Waals surface area contributed by atoms with Gasteiger partial charge in [0, 0.05) is 17.4 Å². The smallest absolute Gasteiger partial charge is 0.229 e. The molecule has 0 spiro atoms. The molecule has 6 nitrogen and oxygen atoms in total. The highest BCUT2D eigenvalue weighted by atomic mass is 35.5. The van der Waals surface area contributed by atoms with Gasteiger partial charge < -0.3 is 4.57 Å². The lowest BCUT2D eigenvalue weighted by molar-refractivity contribution is -0.116. The maximum atomic E-state index is 12.2. The number of nitrogens with zero attached hydrogens (tertiary/aromatic N) is 3. The summed E-state index contributed by atoms with van der Waals surface area (Å²) in [6.07, 6.45) is 5.48. The molecule has 3 aromatic rings. The van der Waals surface area contributed by atoms with Crippen LogP contribution < -0.4 is 5.32 Å². The van der Waals surface area contributed by atoms with Crippen LogP contribution in [0.2, 0.25) is 5.02 Å². The van der Waals surface area contributed by atoms with Gasteiger partial charge in [-0.3, -0.25) is 10.1 Å². The van der Waals surface area contributed by atoms with Crippen molar-refractivity contribution in [1.82, 2.24) is 19.7 Å². The standard InChI is InChI=1S/C15H14ClN5O/c16-12-5-3-11(4-6-12)13(21-7-1-2-8-21)9-14(22)19-15-17-10-18-20-15/h1-8,10,13H,9H2,(H2,17,18,19,20,22)/t13-/m0/s1. The zero-order valence-corrected chi connectivity index (χ0v) is 12.4. The zero-order valence-electron chi connectivity index (χ0n) is 11.6. The Morgan fingerprint density at radius 2 is 2.00 bits per heavy atom. The number of anilines is 1. The minimum atomic E-state index is -0.148. The monoisotopic (exact) mass is 315 g/mol. The van der Waals surface area contributed by atoms with Crippen LogP contribution in [-0.4, -0.2) is 25.7 Å². The second kappa shape index (κ2) is 6.44. The van der Waals surface area contributed by atoms with Gasteiger partial charge in [0.05, 0.1) is 12.5 Å². The van der Waals surface area contributed by atoms with E-state index in [1.807, 2.05) is 53.4 Å². The lowest BCUT2D eigenvalue weighted by Crippen LogP contribution is -2.20. The van der Waals surface area contributed by atoms with Crippen LogP contribution in [-0.2, 0) is 4.79 Å². The number of halogens is 1. The van der Waals surface area contributed by atoms with Gasteiger partial charge in [-0.05, 0) is 29.8 Å². The molecule has 0 saturated carbocycles. The average molecular weight is 316 g/mol. The number of aromatic amines is 1. The number of rotatable bonds is 5. The molecule has 0 fully saturated rings. The number of carbonyl (C=O) groups is 1. The molecule has 0 aliphatic carbocycles. The molecular weight excluding hydrogens is 302 g/mol. The Morgan fingerprint density at radius 1 is 1.27 bits per heavy atom. The van der Waals surface area contributed by atoms with Gasteiger partial charge in [0.25, 0.3) is 0 Å². The molecule has 22 heavy (non-hydrogen) atoms. The van der Waals surface area contributed by atoms with Gasteiger partial charge in [-0.1, -0.05) is 23.7 Å². The third-order valence-electron chi connectivity index (χ3n) is 3.29. The van der Waals surface area contributed by atoms with E-state index in [9.17, 15) is 4.79 Å². The Balaban J connectivity index is 1.80. The minimum absolute atomic E-state index is 0.116. The van der Waals surface area contributed by atoms with Crippen LogP contribution >= 0.6 is 11.6 Å². The van der Waals surface area contributed by atoms with Crippen molar-refractivity contribution in [2.75, 3.05) is 5.32 Å². The summed E-state index contributed by atoms with van der Waals surface area (Å²) >= 11 is 5.94. The molecule has 0 saturated heterocycles. The minimum Gasteiger partial charge on any atom is -0.346 e. The summed E-state index contributed by atoms with van der Waals surface area (Å²) in [7, 11) is 0. The van der Waals surface area contributed by atoms with E-state index >= 15 is 0 Å². The van der Waals surface area contributed by atoms with Crippen molar-refractivity contribution in [1.29, 1.82) is 0 Å². The van der Waals surface area contributed by atoms with Crippen molar-refractivity contribution >= 4 is 23.5 Å². The molecule has 0 radical (unpaired) electrons. The van der Waals surface area contributed by atoms with Crippen LogP contribution in [0.3, 0.4) is 0 Å². The number of nitrogens with one attached hydrogen (secondary N) is 2. The van der Waals surface area contributed by atoms with Crippen molar-refractivity contribution in [3.8, 4) is 0 Å². The van der Waals surface area contributed by atoms with Crippen molar-refractivity contribution in [2.45, 2.75) is 12.5 Å². The largest absolute Gasteiger partial charge is 0.346 e. The van der Waals surface area contributed by atoms with E-state index in [-0.39, 0.29) is 18.4 Å². The van der Waals surface area contributed by atoms with E-state index in [1.165, 1.54) is 6.33 Å². The fourth-order valence-electron chi connectivity index (χ4n) is 2.26. The second-order valence-electron chi connectivity index (χ2n) is 4.78. The molecule has 1 aromatic carbocycles. The molecular formula is C15H14ClN5O. The van der Waals surface area contributed by atoms with E-state index in [4.69, 9.17) is 11.6 Å². The van der Waals surface area contributed by atoms with Gasteiger partial charge in [0.1, 0.15) is 6.33 Å².